The van der Waals surface area contributed by atoms with Crippen LogP contribution in [0, 0.1) is 11.8 Å². The first-order chi connectivity index (χ1) is 19.4. The van der Waals surface area contributed by atoms with Crippen molar-refractivity contribution in [2.45, 2.75) is 19.0 Å². The first-order valence-corrected chi connectivity index (χ1v) is 12.8. The molecule has 10 heteroatoms. The van der Waals surface area contributed by atoms with E-state index in [1.165, 1.54) is 19.1 Å². The van der Waals surface area contributed by atoms with E-state index >= 15 is 0 Å². The summed E-state index contributed by atoms with van der Waals surface area (Å²) >= 11 is 0. The van der Waals surface area contributed by atoms with Gasteiger partial charge in [0.1, 0.15) is 11.8 Å². The lowest BCUT2D eigenvalue weighted by Gasteiger charge is -2.35. The normalized spacial score (nSPS) is 23.5. The second-order valence-corrected chi connectivity index (χ2v) is 9.99. The standard InChI is InChI=1S/C30H23N3O7/c1-16(34)40-20-9-7-19(8-10-20)33-29(36)24-25(30(33)37)27(32-13-12-17-4-2-3-5-21(17)26(24)32)28(35)31-18-6-11-22-23(14-18)39-15-38-22/h2-14,24-27H,15H2,1H3,(H,31,35)/t24-,25+,26+,27+/m0/s1. The Morgan fingerprint density at radius 2 is 1.68 bits per heavy atom. The van der Waals surface area contributed by atoms with Gasteiger partial charge < -0.3 is 24.4 Å². The lowest BCUT2D eigenvalue weighted by molar-refractivity contribution is -0.132. The quantitative estimate of drug-likeness (QED) is 0.306. The molecule has 4 aliphatic rings. The predicted molar refractivity (Wildman–Crippen MR) is 142 cm³/mol. The number of carbonyl (C=O) groups excluding carboxylic acids is 4. The minimum absolute atomic E-state index is 0.104. The summed E-state index contributed by atoms with van der Waals surface area (Å²) in [5.74, 6) is -2.02. The number of hydrogen-bond donors (Lipinski definition) is 1. The van der Waals surface area contributed by atoms with Gasteiger partial charge in [0.05, 0.1) is 23.6 Å². The van der Waals surface area contributed by atoms with Gasteiger partial charge in [-0.25, -0.2) is 4.90 Å². The first-order valence-electron chi connectivity index (χ1n) is 12.8. The second-order valence-electron chi connectivity index (χ2n) is 9.99. The van der Waals surface area contributed by atoms with Crippen LogP contribution in [0.25, 0.3) is 6.08 Å². The maximum Gasteiger partial charge on any atom is 0.308 e. The Morgan fingerprint density at radius 1 is 0.925 bits per heavy atom. The fourth-order valence-electron chi connectivity index (χ4n) is 6.13. The van der Waals surface area contributed by atoms with Crippen LogP contribution in [0.15, 0.2) is 72.9 Å². The van der Waals surface area contributed by atoms with Gasteiger partial charge in [0.25, 0.3) is 0 Å². The molecule has 4 heterocycles. The summed E-state index contributed by atoms with van der Waals surface area (Å²) in [6.07, 6.45) is 3.70. The lowest BCUT2D eigenvalue weighted by atomic mass is 9.84. The van der Waals surface area contributed by atoms with E-state index in [1.54, 1.807) is 36.5 Å². The topological polar surface area (TPSA) is 114 Å². The Morgan fingerprint density at radius 3 is 2.48 bits per heavy atom. The summed E-state index contributed by atoms with van der Waals surface area (Å²) in [6.45, 7) is 1.40. The Hall–Kier alpha value is -5.12. The molecular formula is C30H23N3O7. The van der Waals surface area contributed by atoms with Crippen LogP contribution in [0.3, 0.4) is 0 Å². The number of imide groups is 1. The van der Waals surface area contributed by atoms with Crippen molar-refractivity contribution in [3.8, 4) is 17.2 Å². The number of benzene rings is 3. The van der Waals surface area contributed by atoms with E-state index in [0.717, 1.165) is 16.0 Å². The summed E-state index contributed by atoms with van der Waals surface area (Å²) in [6, 6.07) is 17.5. The summed E-state index contributed by atoms with van der Waals surface area (Å²) in [5, 5.41) is 2.92. The van der Waals surface area contributed by atoms with Gasteiger partial charge in [0.2, 0.25) is 24.5 Å². The molecule has 0 aromatic heterocycles. The number of nitrogens with one attached hydrogen (secondary N) is 1. The molecule has 2 saturated heterocycles. The monoisotopic (exact) mass is 537 g/mol. The van der Waals surface area contributed by atoms with Crippen LogP contribution < -0.4 is 24.4 Å². The van der Waals surface area contributed by atoms with Crippen molar-refractivity contribution in [3.63, 3.8) is 0 Å². The average molecular weight is 538 g/mol. The van der Waals surface area contributed by atoms with E-state index in [-0.39, 0.29) is 12.7 Å². The van der Waals surface area contributed by atoms with E-state index in [9.17, 15) is 19.2 Å². The van der Waals surface area contributed by atoms with Gasteiger partial charge in [-0.05, 0) is 53.6 Å². The molecule has 200 valence electrons. The Bertz CT molecular complexity index is 1620. The lowest BCUT2D eigenvalue weighted by Crippen LogP contribution is -2.46. The Kier molecular flexibility index (Phi) is 5.38. The van der Waals surface area contributed by atoms with Crippen molar-refractivity contribution in [1.82, 2.24) is 4.90 Å². The van der Waals surface area contributed by atoms with Gasteiger partial charge in [-0.3, -0.25) is 19.2 Å². The zero-order valence-corrected chi connectivity index (χ0v) is 21.3. The van der Waals surface area contributed by atoms with Crippen LogP contribution >= 0.6 is 0 Å². The van der Waals surface area contributed by atoms with E-state index in [2.05, 4.69) is 5.32 Å². The van der Waals surface area contributed by atoms with Crippen LogP contribution in [-0.4, -0.2) is 41.4 Å². The first kappa shape index (κ1) is 24.0. The molecular weight excluding hydrogens is 514 g/mol. The highest BCUT2D eigenvalue weighted by Crippen LogP contribution is 2.53. The van der Waals surface area contributed by atoms with Crippen LogP contribution in [0.5, 0.6) is 17.2 Å². The zero-order chi connectivity index (χ0) is 27.5. The van der Waals surface area contributed by atoms with Crippen LogP contribution in [0.1, 0.15) is 24.1 Å². The molecule has 3 amide bonds. The van der Waals surface area contributed by atoms with E-state index in [1.807, 2.05) is 35.2 Å². The third-order valence-electron chi connectivity index (χ3n) is 7.73. The average Bonchev–Trinajstić information content (AvgIpc) is 3.62. The molecule has 0 saturated carbocycles. The third kappa shape index (κ3) is 3.64. The fourth-order valence-corrected chi connectivity index (χ4v) is 6.13. The molecule has 40 heavy (non-hydrogen) atoms. The molecule has 4 aliphatic heterocycles. The Balaban J connectivity index is 1.26. The number of esters is 1. The van der Waals surface area contributed by atoms with Gasteiger partial charge in [-0.1, -0.05) is 24.3 Å². The number of amides is 3. The molecule has 10 nitrogen and oxygen atoms in total. The fraction of sp³-hybridized carbons (Fsp3) is 0.200. The maximum atomic E-state index is 14.0. The number of carbonyl (C=O) groups is 4. The second kappa shape index (κ2) is 8.98. The number of hydrogen-bond acceptors (Lipinski definition) is 8. The van der Waals surface area contributed by atoms with Crippen molar-refractivity contribution in [2.24, 2.45) is 11.8 Å². The minimum Gasteiger partial charge on any atom is -0.454 e. The molecule has 3 aromatic carbocycles. The van der Waals surface area contributed by atoms with Crippen LogP contribution in [0.2, 0.25) is 0 Å². The molecule has 0 aliphatic carbocycles. The number of fused-ring (bicyclic) bond motifs is 6. The SMILES string of the molecule is CC(=O)Oc1ccc(N2C(=O)[C@@H]3[C@H](C2=O)[C@H]2c4ccccc4C=CN2[C@H]3C(=O)Nc2ccc3c(c2)OCO3)cc1. The number of ether oxygens (including phenoxy) is 3. The smallest absolute Gasteiger partial charge is 0.308 e. The van der Waals surface area contributed by atoms with Gasteiger partial charge >= 0.3 is 5.97 Å². The highest BCUT2D eigenvalue weighted by Gasteiger charge is 2.64. The van der Waals surface area contributed by atoms with Crippen LogP contribution in [0.4, 0.5) is 11.4 Å². The summed E-state index contributed by atoms with van der Waals surface area (Å²) in [4.78, 5) is 56.1. The van der Waals surface area contributed by atoms with E-state index in [0.29, 0.717) is 28.6 Å². The third-order valence-corrected chi connectivity index (χ3v) is 7.73. The van der Waals surface area contributed by atoms with Crippen molar-refractivity contribution < 1.29 is 33.4 Å². The van der Waals surface area contributed by atoms with Crippen molar-refractivity contribution in [2.75, 3.05) is 17.0 Å². The van der Waals surface area contributed by atoms with Gasteiger partial charge in [-0.2, -0.15) is 0 Å². The van der Waals surface area contributed by atoms with Crippen molar-refractivity contribution >= 4 is 41.1 Å². The molecule has 0 unspecified atom stereocenters. The maximum absolute atomic E-state index is 14.0. The number of anilines is 2. The van der Waals surface area contributed by atoms with Crippen LogP contribution in [-0.2, 0) is 19.2 Å². The van der Waals surface area contributed by atoms with Crippen molar-refractivity contribution in [1.29, 1.82) is 0 Å². The van der Waals surface area contributed by atoms with Crippen molar-refractivity contribution in [3.05, 3.63) is 84.1 Å². The molecule has 4 atom stereocenters. The zero-order valence-electron chi connectivity index (χ0n) is 21.3. The van der Waals surface area contributed by atoms with E-state index in [4.69, 9.17) is 14.2 Å². The van der Waals surface area contributed by atoms with E-state index < -0.39 is 41.7 Å². The number of nitrogens with zero attached hydrogens (tertiary/aromatic N) is 2. The molecule has 1 N–H and O–H groups in total. The van der Waals surface area contributed by atoms with Gasteiger partial charge in [0, 0.05) is 24.9 Å². The summed E-state index contributed by atoms with van der Waals surface area (Å²) in [7, 11) is 0. The highest BCUT2D eigenvalue weighted by atomic mass is 16.7. The molecule has 0 bridgehead atoms. The summed E-state index contributed by atoms with van der Waals surface area (Å²) < 4.78 is 15.9. The Labute approximate surface area is 228 Å². The molecule has 3 aromatic rings. The van der Waals surface area contributed by atoms with Gasteiger partial charge in [0.15, 0.2) is 11.5 Å². The van der Waals surface area contributed by atoms with Gasteiger partial charge in [-0.15, -0.1) is 0 Å². The predicted octanol–water partition coefficient (Wildman–Crippen LogP) is 3.49. The molecule has 2 fully saturated rings. The molecule has 0 radical (unpaired) electrons. The largest absolute Gasteiger partial charge is 0.454 e. The number of rotatable bonds is 4. The molecule has 7 rings (SSSR count). The summed E-state index contributed by atoms with van der Waals surface area (Å²) in [5.41, 5.74) is 2.65. The molecule has 0 spiro atoms. The highest BCUT2D eigenvalue weighted by molar-refractivity contribution is 6.24. The minimum atomic E-state index is -0.938.